The number of alkyl halides is 3. The first-order valence-electron chi connectivity index (χ1n) is 9.46. The normalized spacial score (nSPS) is 22.0. The van der Waals surface area contributed by atoms with Crippen LogP contribution in [0.15, 0.2) is 30.4 Å². The number of fused-ring (bicyclic) bond motifs is 1. The smallest absolute Gasteiger partial charge is 0.364 e. The third kappa shape index (κ3) is 4.09. The van der Waals surface area contributed by atoms with E-state index in [4.69, 9.17) is 0 Å². The molecule has 0 radical (unpaired) electrons. The number of pyridine rings is 1. The van der Waals surface area contributed by atoms with Gasteiger partial charge in [-0.05, 0) is 43.1 Å². The Hall–Kier alpha value is -2.58. The molecule has 2 heterocycles. The maximum Gasteiger partial charge on any atom is 0.413 e. The third-order valence-corrected chi connectivity index (χ3v) is 5.82. The fourth-order valence-electron chi connectivity index (χ4n) is 4.33. The van der Waals surface area contributed by atoms with Crippen LogP contribution in [0.3, 0.4) is 0 Å². The lowest BCUT2D eigenvalue weighted by Gasteiger charge is -2.31. The molecule has 2 atom stereocenters. The summed E-state index contributed by atoms with van der Waals surface area (Å²) in [6, 6.07) is 0. The van der Waals surface area contributed by atoms with Crippen molar-refractivity contribution >= 4 is 11.4 Å². The lowest BCUT2D eigenvalue weighted by atomic mass is 9.76. The van der Waals surface area contributed by atoms with E-state index in [9.17, 15) is 22.0 Å². The molecule has 1 fully saturated rings. The molecule has 0 aromatic carbocycles. The molecule has 154 valence electrons. The van der Waals surface area contributed by atoms with Gasteiger partial charge in [0.15, 0.2) is 0 Å². The molecular formula is C20H19F5N4. The molecule has 0 saturated heterocycles. The standard InChI is InChI=1S/C20H19F5N4/c21-16-7-26-8-17(22)14(16)6-28-19-10-27-18(9-29-19)13-4-11-2-1-3-12(11)5-15(13)20(23,24)25/h7-12H,1-6H2,(H,28,29). The van der Waals surface area contributed by atoms with Gasteiger partial charge in [0.05, 0.1) is 30.5 Å². The number of halogens is 5. The highest BCUT2D eigenvalue weighted by Gasteiger charge is 2.44. The Balaban J connectivity index is 1.54. The van der Waals surface area contributed by atoms with Gasteiger partial charge in [-0.2, -0.15) is 13.2 Å². The van der Waals surface area contributed by atoms with Gasteiger partial charge in [0.2, 0.25) is 0 Å². The predicted octanol–water partition coefficient (Wildman–Crippen LogP) is 5.29. The first kappa shape index (κ1) is 19.7. The van der Waals surface area contributed by atoms with Crippen molar-refractivity contribution in [3.8, 4) is 0 Å². The van der Waals surface area contributed by atoms with Gasteiger partial charge in [0.1, 0.15) is 17.5 Å². The summed E-state index contributed by atoms with van der Waals surface area (Å²) < 4.78 is 68.1. The maximum absolute atomic E-state index is 13.6. The van der Waals surface area contributed by atoms with Crippen LogP contribution in [0.4, 0.5) is 27.8 Å². The van der Waals surface area contributed by atoms with Crippen LogP contribution < -0.4 is 5.32 Å². The van der Waals surface area contributed by atoms with Crippen molar-refractivity contribution < 1.29 is 22.0 Å². The average Bonchev–Trinajstić information content (AvgIpc) is 3.14. The first-order chi connectivity index (χ1) is 13.8. The van der Waals surface area contributed by atoms with Crippen LogP contribution in [0.2, 0.25) is 0 Å². The summed E-state index contributed by atoms with van der Waals surface area (Å²) in [5, 5.41) is 2.73. The van der Waals surface area contributed by atoms with Crippen LogP contribution in [-0.4, -0.2) is 21.1 Å². The van der Waals surface area contributed by atoms with Crippen LogP contribution in [0.25, 0.3) is 5.57 Å². The Morgan fingerprint density at radius 2 is 1.62 bits per heavy atom. The summed E-state index contributed by atoms with van der Waals surface area (Å²) in [6.45, 7) is -0.186. The average molecular weight is 410 g/mol. The molecule has 2 aromatic rings. The molecule has 0 bridgehead atoms. The number of aromatic nitrogens is 3. The molecule has 1 N–H and O–H groups in total. The highest BCUT2D eigenvalue weighted by atomic mass is 19.4. The fourth-order valence-corrected chi connectivity index (χ4v) is 4.33. The van der Waals surface area contributed by atoms with Gasteiger partial charge in [0.25, 0.3) is 0 Å². The van der Waals surface area contributed by atoms with Gasteiger partial charge in [-0.25, -0.2) is 13.8 Å². The zero-order chi connectivity index (χ0) is 20.6. The maximum atomic E-state index is 13.6. The van der Waals surface area contributed by atoms with Crippen LogP contribution >= 0.6 is 0 Å². The van der Waals surface area contributed by atoms with Gasteiger partial charge in [-0.3, -0.25) is 9.97 Å². The molecule has 4 rings (SSSR count). The number of allylic oxidation sites excluding steroid dienone is 2. The lowest BCUT2D eigenvalue weighted by Crippen LogP contribution is -2.25. The zero-order valence-electron chi connectivity index (χ0n) is 15.4. The Morgan fingerprint density at radius 3 is 2.24 bits per heavy atom. The highest BCUT2D eigenvalue weighted by molar-refractivity contribution is 5.68. The summed E-state index contributed by atoms with van der Waals surface area (Å²) in [4.78, 5) is 11.7. The van der Waals surface area contributed by atoms with Crippen molar-refractivity contribution in [2.45, 2.75) is 44.8 Å². The number of hydrogen-bond acceptors (Lipinski definition) is 4. The molecule has 4 nitrogen and oxygen atoms in total. The molecule has 2 aromatic heterocycles. The monoisotopic (exact) mass is 410 g/mol. The minimum Gasteiger partial charge on any atom is -0.364 e. The fraction of sp³-hybridized carbons (Fsp3) is 0.450. The van der Waals surface area contributed by atoms with E-state index in [-0.39, 0.29) is 47.4 Å². The lowest BCUT2D eigenvalue weighted by molar-refractivity contribution is -0.0962. The summed E-state index contributed by atoms with van der Waals surface area (Å²) in [5.41, 5.74) is -0.287. The van der Waals surface area contributed by atoms with E-state index in [0.717, 1.165) is 31.7 Å². The van der Waals surface area contributed by atoms with Crippen molar-refractivity contribution in [1.29, 1.82) is 0 Å². The Labute approximate surface area is 164 Å². The molecule has 2 aliphatic carbocycles. The van der Waals surface area contributed by atoms with Gasteiger partial charge in [-0.1, -0.05) is 6.42 Å². The Morgan fingerprint density at radius 1 is 0.931 bits per heavy atom. The van der Waals surface area contributed by atoms with Crippen molar-refractivity contribution in [2.24, 2.45) is 11.8 Å². The summed E-state index contributed by atoms with van der Waals surface area (Å²) >= 11 is 0. The van der Waals surface area contributed by atoms with Crippen LogP contribution in [0, 0.1) is 23.5 Å². The summed E-state index contributed by atoms with van der Waals surface area (Å²) in [5.74, 6) is -1.03. The van der Waals surface area contributed by atoms with Crippen LogP contribution in [-0.2, 0) is 6.54 Å². The third-order valence-electron chi connectivity index (χ3n) is 5.82. The second kappa shape index (κ2) is 7.68. The predicted molar refractivity (Wildman–Crippen MR) is 96.6 cm³/mol. The first-order valence-corrected chi connectivity index (χ1v) is 9.46. The van der Waals surface area contributed by atoms with Gasteiger partial charge in [0, 0.05) is 17.7 Å². The van der Waals surface area contributed by atoms with E-state index in [2.05, 4.69) is 20.3 Å². The Bertz CT molecular complexity index is 903. The van der Waals surface area contributed by atoms with Crippen LogP contribution in [0.1, 0.15) is 43.4 Å². The Kier molecular flexibility index (Phi) is 5.23. The number of nitrogens with one attached hydrogen (secondary N) is 1. The van der Waals surface area contributed by atoms with Crippen molar-refractivity contribution in [3.05, 3.63) is 53.3 Å². The molecule has 9 heteroatoms. The van der Waals surface area contributed by atoms with E-state index < -0.39 is 23.4 Å². The molecule has 2 aliphatic rings. The zero-order valence-corrected chi connectivity index (χ0v) is 15.4. The molecular weight excluding hydrogens is 391 g/mol. The van der Waals surface area contributed by atoms with E-state index in [1.54, 1.807) is 0 Å². The molecule has 0 aliphatic heterocycles. The molecule has 29 heavy (non-hydrogen) atoms. The summed E-state index contributed by atoms with van der Waals surface area (Å²) in [7, 11) is 0. The van der Waals surface area contributed by atoms with Crippen molar-refractivity contribution in [3.63, 3.8) is 0 Å². The number of hydrogen-bond donors (Lipinski definition) is 1. The van der Waals surface area contributed by atoms with E-state index in [1.807, 2.05) is 0 Å². The quantitative estimate of drug-likeness (QED) is 0.696. The van der Waals surface area contributed by atoms with E-state index in [0.29, 0.717) is 6.42 Å². The number of nitrogens with zero attached hydrogens (tertiary/aromatic N) is 3. The summed E-state index contributed by atoms with van der Waals surface area (Å²) in [6.07, 6.45) is 3.12. The topological polar surface area (TPSA) is 50.7 Å². The highest BCUT2D eigenvalue weighted by Crippen LogP contribution is 2.50. The van der Waals surface area contributed by atoms with Gasteiger partial charge < -0.3 is 5.32 Å². The van der Waals surface area contributed by atoms with E-state index in [1.165, 1.54) is 12.4 Å². The molecule has 2 unspecified atom stereocenters. The molecule has 0 spiro atoms. The van der Waals surface area contributed by atoms with E-state index >= 15 is 0 Å². The largest absolute Gasteiger partial charge is 0.413 e. The van der Waals surface area contributed by atoms with Crippen molar-refractivity contribution in [1.82, 2.24) is 15.0 Å². The SMILES string of the molecule is Fc1cncc(F)c1CNc1cnc(C2=C(C(F)(F)F)CC3CCCC3C2)cn1. The second-order valence-electron chi connectivity index (χ2n) is 7.54. The minimum atomic E-state index is -4.39. The van der Waals surface area contributed by atoms with Crippen LogP contribution in [0.5, 0.6) is 0 Å². The van der Waals surface area contributed by atoms with Gasteiger partial charge >= 0.3 is 6.18 Å². The van der Waals surface area contributed by atoms with Gasteiger partial charge in [-0.15, -0.1) is 0 Å². The molecule has 1 saturated carbocycles. The molecule has 0 amide bonds. The number of rotatable bonds is 4. The minimum absolute atomic E-state index is 0.0335. The van der Waals surface area contributed by atoms with Crippen molar-refractivity contribution in [2.75, 3.05) is 5.32 Å². The number of anilines is 1. The second-order valence-corrected chi connectivity index (χ2v) is 7.54.